The van der Waals surface area contributed by atoms with Gasteiger partial charge in [0.1, 0.15) is 28.9 Å². The van der Waals surface area contributed by atoms with Gasteiger partial charge in [-0.2, -0.15) is 0 Å². The van der Waals surface area contributed by atoms with Crippen molar-refractivity contribution in [1.82, 2.24) is 0 Å². The van der Waals surface area contributed by atoms with Gasteiger partial charge in [0.25, 0.3) is 0 Å². The summed E-state index contributed by atoms with van der Waals surface area (Å²) in [5, 5.41) is 0. The maximum atomic E-state index is 8.46. The van der Waals surface area contributed by atoms with Gasteiger partial charge in [-0.15, -0.1) is 0 Å². The molecular weight excluding hydrogens is 207 g/mol. The molecule has 0 aliphatic heterocycles. The van der Waals surface area contributed by atoms with Crippen LogP contribution in [0.15, 0.2) is 0 Å². The molecule has 0 N–H and O–H groups in total. The number of rotatable bonds is 0. The van der Waals surface area contributed by atoms with E-state index in [0.717, 1.165) is 0 Å². The molecule has 0 radical (unpaired) electrons. The van der Waals surface area contributed by atoms with E-state index < -0.39 is 28.9 Å². The third-order valence-corrected chi connectivity index (χ3v) is 0. The van der Waals surface area contributed by atoms with Crippen molar-refractivity contribution in [2.75, 3.05) is 0 Å². The fourth-order valence-electron chi connectivity index (χ4n) is 0. The Morgan fingerprint density at radius 2 is 0.700 bits per heavy atom. The Morgan fingerprint density at radius 3 is 0.700 bits per heavy atom. The van der Waals surface area contributed by atoms with Crippen molar-refractivity contribution in [2.45, 2.75) is 0 Å². The third-order valence-electron chi connectivity index (χ3n) is 0. The zero-order valence-corrected chi connectivity index (χ0v) is 9.38. The second-order valence-corrected chi connectivity index (χ2v) is 0.866. The molecule has 0 saturated heterocycles. The molecule has 0 saturated carbocycles. The predicted molar refractivity (Wildman–Crippen MR) is 29.3 cm³/mol. The normalized spacial score (nSPS) is 3.60. The third kappa shape index (κ3) is 1370000. The fraction of sp³-hybridized carbons (Fsp3) is 0. The molecule has 0 unspecified atom stereocenters. The first-order valence-corrected chi connectivity index (χ1v) is 4.24. The SMILES string of the molecule is O=[SiH][O-].O=[SiH][O-].O=[SiH][O-].[Al+3]. The molecule has 0 rings (SSSR count). The van der Waals surface area contributed by atoms with Gasteiger partial charge in [-0.1, -0.05) is 0 Å². The fourth-order valence-corrected chi connectivity index (χ4v) is 0. The van der Waals surface area contributed by atoms with E-state index in [1.807, 2.05) is 0 Å². The zero-order chi connectivity index (χ0) is 8.12. The van der Waals surface area contributed by atoms with Gasteiger partial charge >= 0.3 is 17.4 Å². The summed E-state index contributed by atoms with van der Waals surface area (Å²) in [6, 6.07) is 0. The summed E-state index contributed by atoms with van der Waals surface area (Å²) in [7, 11) is -5.25. The van der Waals surface area contributed by atoms with Crippen molar-refractivity contribution in [2.24, 2.45) is 0 Å². The van der Waals surface area contributed by atoms with E-state index in [0.29, 0.717) is 0 Å². The molecule has 0 aromatic rings. The molecule has 0 aromatic carbocycles. The van der Waals surface area contributed by atoms with E-state index in [9.17, 15) is 0 Å². The maximum Gasteiger partial charge on any atom is 3.00 e. The van der Waals surface area contributed by atoms with Crippen LogP contribution in [-0.4, -0.2) is 46.3 Å². The van der Waals surface area contributed by atoms with Crippen LogP contribution in [0.2, 0.25) is 0 Å². The van der Waals surface area contributed by atoms with Crippen LogP contribution >= 0.6 is 0 Å². The quantitative estimate of drug-likeness (QED) is 0.367. The van der Waals surface area contributed by atoms with Gasteiger partial charge in [-0.25, -0.2) is 0 Å². The predicted octanol–water partition coefficient (Wildman–Crippen LogP) is -6.25. The van der Waals surface area contributed by atoms with E-state index in [4.69, 9.17) is 27.8 Å². The van der Waals surface area contributed by atoms with Crippen LogP contribution < -0.4 is 14.4 Å². The van der Waals surface area contributed by atoms with E-state index in [2.05, 4.69) is 0 Å². The molecule has 0 atom stereocenters. The Hall–Kier alpha value is -0.0169. The first-order chi connectivity index (χ1) is 4.24. The molecule has 10 heteroatoms. The molecule has 0 aliphatic carbocycles. The van der Waals surface area contributed by atoms with Crippen LogP contribution in [0.3, 0.4) is 0 Å². The molecule has 0 fully saturated rings. The van der Waals surface area contributed by atoms with Crippen LogP contribution in [0, 0.1) is 0 Å². The summed E-state index contributed by atoms with van der Waals surface area (Å²) in [5.74, 6) is 0. The monoisotopic (exact) mass is 210 g/mol. The molecule has 54 valence electrons. The van der Waals surface area contributed by atoms with Crippen molar-refractivity contribution in [1.29, 1.82) is 0 Å². The van der Waals surface area contributed by atoms with Gasteiger partial charge in [0, 0.05) is 0 Å². The molecule has 6 nitrogen and oxygen atoms in total. The van der Waals surface area contributed by atoms with Crippen LogP contribution in [0.5, 0.6) is 0 Å². The Morgan fingerprint density at radius 1 is 0.700 bits per heavy atom. The Bertz CT molecular complexity index is 49.7. The second kappa shape index (κ2) is 64.3. The van der Waals surface area contributed by atoms with Crippen molar-refractivity contribution in [3.63, 3.8) is 0 Å². The minimum absolute atomic E-state index is 0. The first kappa shape index (κ1) is 22.5. The van der Waals surface area contributed by atoms with E-state index in [-0.39, 0.29) is 17.4 Å². The summed E-state index contributed by atoms with van der Waals surface area (Å²) >= 11 is 0. The van der Waals surface area contributed by atoms with Crippen molar-refractivity contribution in [3.8, 4) is 0 Å². The minimum Gasteiger partial charge on any atom is -0.591 e. The van der Waals surface area contributed by atoms with Gasteiger partial charge in [-0.05, 0) is 0 Å². The summed E-state index contributed by atoms with van der Waals surface area (Å²) in [5.41, 5.74) is 0. The summed E-state index contributed by atoms with van der Waals surface area (Å²) in [6.45, 7) is 0. The molecular formula is H3AlO6Si3. The summed E-state index contributed by atoms with van der Waals surface area (Å²) in [6.07, 6.45) is 0. The minimum atomic E-state index is -1.75. The van der Waals surface area contributed by atoms with Crippen molar-refractivity contribution in [3.05, 3.63) is 0 Å². The van der Waals surface area contributed by atoms with Gasteiger partial charge < -0.3 is 27.8 Å². The first-order valence-electron chi connectivity index (χ1n) is 1.41. The smallest absolute Gasteiger partial charge is 0.591 e. The molecule has 10 heavy (non-hydrogen) atoms. The Balaban J connectivity index is -0.0000000257. The second-order valence-electron chi connectivity index (χ2n) is 0.289. The zero-order valence-electron chi connectivity index (χ0n) is 4.76. The van der Waals surface area contributed by atoms with Gasteiger partial charge in [0.05, 0.1) is 0 Å². The average molecular weight is 210 g/mol. The molecule has 0 heterocycles. The van der Waals surface area contributed by atoms with E-state index in [1.54, 1.807) is 0 Å². The Labute approximate surface area is 74.4 Å². The summed E-state index contributed by atoms with van der Waals surface area (Å²) in [4.78, 5) is 25.4. The van der Waals surface area contributed by atoms with Crippen LogP contribution in [-0.2, 0) is 13.4 Å². The van der Waals surface area contributed by atoms with Crippen LogP contribution in [0.25, 0.3) is 0 Å². The van der Waals surface area contributed by atoms with Crippen molar-refractivity contribution < 1.29 is 27.8 Å². The van der Waals surface area contributed by atoms with Gasteiger partial charge in [0.15, 0.2) is 0 Å². The summed E-state index contributed by atoms with van der Waals surface area (Å²) < 4.78 is 25.4. The number of hydrogen-bond donors (Lipinski definition) is 0. The molecule has 0 aliphatic rings. The van der Waals surface area contributed by atoms with E-state index >= 15 is 0 Å². The average Bonchev–Trinajstić information content (AvgIpc) is 1.70. The molecule has 0 aromatic heterocycles. The van der Waals surface area contributed by atoms with E-state index in [1.165, 1.54) is 0 Å². The van der Waals surface area contributed by atoms with Crippen molar-refractivity contribution >= 4 is 46.3 Å². The largest absolute Gasteiger partial charge is 3.00 e. The molecule has 0 bridgehead atoms. The molecule has 0 spiro atoms. The standard InChI is InChI=1S/Al.3HO2Si/c;3*1-3-2/h;3*3H/q+3;3*-1. The van der Waals surface area contributed by atoms with Gasteiger partial charge in [0.2, 0.25) is 0 Å². The van der Waals surface area contributed by atoms with Crippen LogP contribution in [0.1, 0.15) is 0 Å². The maximum absolute atomic E-state index is 8.46. The van der Waals surface area contributed by atoms with Crippen LogP contribution in [0.4, 0.5) is 0 Å². The molecule has 0 amide bonds. The number of hydrogen-bond acceptors (Lipinski definition) is 6. The Kier molecular flexibility index (Phi) is 145. The topological polar surface area (TPSA) is 120 Å². The van der Waals surface area contributed by atoms with Gasteiger partial charge in [-0.3, -0.25) is 0 Å².